The second-order valence-corrected chi connectivity index (χ2v) is 8.83. The molecule has 0 bridgehead atoms. The van der Waals surface area contributed by atoms with Crippen LogP contribution in [0.3, 0.4) is 0 Å². The number of likely N-dealkylation sites (N-methyl/N-ethyl adjacent to an activating group) is 1. The molecule has 8 nitrogen and oxygen atoms in total. The van der Waals surface area contributed by atoms with Crippen LogP contribution < -0.4 is 0 Å². The molecule has 3 aliphatic rings. The number of β-amino-alcohol motifs (C(OH)–C–C–N with tert-alkyl or cyclic N) is 1. The maximum Gasteiger partial charge on any atom is 0.282 e. The molecule has 9 heteroatoms. The number of hydrogen-bond acceptors (Lipinski definition) is 6. The molecule has 1 atom stereocenters. The highest BCUT2D eigenvalue weighted by atomic mass is 32.2. The summed E-state index contributed by atoms with van der Waals surface area (Å²) in [7, 11) is -1.39. The normalized spacial score (nSPS) is 33.3. The average Bonchev–Trinajstić information content (AvgIpc) is 2.93. The quantitative estimate of drug-likeness (QED) is 0.649. The van der Waals surface area contributed by atoms with Gasteiger partial charge in [0.1, 0.15) is 0 Å². The van der Waals surface area contributed by atoms with E-state index >= 15 is 0 Å². The van der Waals surface area contributed by atoms with Crippen molar-refractivity contribution in [2.45, 2.75) is 12.0 Å². The van der Waals surface area contributed by atoms with Gasteiger partial charge in [0.15, 0.2) is 0 Å². The summed E-state index contributed by atoms with van der Waals surface area (Å²) < 4.78 is 33.5. The molecule has 134 valence electrons. The first-order valence-electron chi connectivity index (χ1n) is 8.35. The van der Waals surface area contributed by atoms with E-state index in [0.717, 1.165) is 26.2 Å². The first kappa shape index (κ1) is 17.5. The van der Waals surface area contributed by atoms with E-state index in [4.69, 9.17) is 4.74 Å². The van der Waals surface area contributed by atoms with Crippen molar-refractivity contribution in [2.75, 3.05) is 79.2 Å². The molecule has 0 saturated carbocycles. The standard InChI is InChI=1S/C14H28N4O4S/c1-15-4-6-16(7-5-15)12-14(19)2-3-18(13-14)23(20,21)17-8-10-22-11-9-17/h19H,2-13H2,1H3. The number of aliphatic hydroxyl groups is 1. The first-order chi connectivity index (χ1) is 10.9. The van der Waals surface area contributed by atoms with Gasteiger partial charge in [0.25, 0.3) is 10.2 Å². The van der Waals surface area contributed by atoms with Gasteiger partial charge >= 0.3 is 0 Å². The zero-order valence-electron chi connectivity index (χ0n) is 13.9. The van der Waals surface area contributed by atoms with Crippen molar-refractivity contribution in [3.8, 4) is 0 Å². The molecule has 1 unspecified atom stereocenters. The summed E-state index contributed by atoms with van der Waals surface area (Å²) in [6.07, 6.45) is 0.503. The third kappa shape index (κ3) is 4.04. The lowest BCUT2D eigenvalue weighted by molar-refractivity contribution is 0.00370. The van der Waals surface area contributed by atoms with E-state index in [2.05, 4.69) is 16.8 Å². The van der Waals surface area contributed by atoms with Crippen LogP contribution in [0.25, 0.3) is 0 Å². The van der Waals surface area contributed by atoms with Gasteiger partial charge in [-0.15, -0.1) is 0 Å². The van der Waals surface area contributed by atoms with Crippen LogP contribution in [0, 0.1) is 0 Å². The Morgan fingerprint density at radius 3 is 2.30 bits per heavy atom. The number of rotatable bonds is 4. The Hall–Kier alpha value is -0.290. The molecule has 0 amide bonds. The number of ether oxygens (including phenoxy) is 1. The molecular formula is C14H28N4O4S. The average molecular weight is 348 g/mol. The Bertz CT molecular complexity index is 503. The number of piperazine rings is 1. The molecule has 3 heterocycles. The highest BCUT2D eigenvalue weighted by Gasteiger charge is 2.44. The van der Waals surface area contributed by atoms with Crippen molar-refractivity contribution in [3.05, 3.63) is 0 Å². The number of nitrogens with zero attached hydrogens (tertiary/aromatic N) is 4. The van der Waals surface area contributed by atoms with Crippen molar-refractivity contribution in [1.29, 1.82) is 0 Å². The largest absolute Gasteiger partial charge is 0.387 e. The van der Waals surface area contributed by atoms with Gasteiger partial charge in [-0.2, -0.15) is 17.0 Å². The summed E-state index contributed by atoms with van der Waals surface area (Å²) in [5, 5.41) is 10.8. The summed E-state index contributed by atoms with van der Waals surface area (Å²) in [5.41, 5.74) is -0.935. The third-order valence-electron chi connectivity index (χ3n) is 5.03. The van der Waals surface area contributed by atoms with Gasteiger partial charge in [-0.05, 0) is 13.5 Å². The minimum absolute atomic E-state index is 0.193. The summed E-state index contributed by atoms with van der Waals surface area (Å²) >= 11 is 0. The number of morpholine rings is 1. The SMILES string of the molecule is CN1CCN(CC2(O)CCN(S(=O)(=O)N3CCOCC3)C2)CC1. The van der Waals surface area contributed by atoms with E-state index in [1.54, 1.807) is 0 Å². The molecule has 1 N–H and O–H groups in total. The second kappa shape index (κ2) is 6.91. The van der Waals surface area contributed by atoms with E-state index in [-0.39, 0.29) is 6.54 Å². The van der Waals surface area contributed by atoms with E-state index in [1.165, 1.54) is 8.61 Å². The minimum Gasteiger partial charge on any atom is -0.387 e. The molecule has 0 radical (unpaired) electrons. The summed E-state index contributed by atoms with van der Waals surface area (Å²) in [6, 6.07) is 0. The van der Waals surface area contributed by atoms with Gasteiger partial charge in [0, 0.05) is 58.9 Å². The topological polar surface area (TPSA) is 76.6 Å². The summed E-state index contributed by atoms with van der Waals surface area (Å²) in [4.78, 5) is 4.51. The van der Waals surface area contributed by atoms with Gasteiger partial charge in [0.05, 0.1) is 18.8 Å². The molecule has 0 aromatic heterocycles. The van der Waals surface area contributed by atoms with Crippen LogP contribution in [0.1, 0.15) is 6.42 Å². The molecule has 0 spiro atoms. The Kier molecular flexibility index (Phi) is 5.27. The van der Waals surface area contributed by atoms with E-state index in [1.807, 2.05) is 0 Å². The fourth-order valence-corrected chi connectivity index (χ4v) is 5.17. The predicted molar refractivity (Wildman–Crippen MR) is 86.4 cm³/mol. The molecule has 0 aromatic carbocycles. The maximum atomic E-state index is 12.7. The predicted octanol–water partition coefficient (Wildman–Crippen LogP) is -1.75. The van der Waals surface area contributed by atoms with E-state index in [9.17, 15) is 13.5 Å². The first-order valence-corrected chi connectivity index (χ1v) is 9.75. The Morgan fingerprint density at radius 2 is 1.65 bits per heavy atom. The molecule has 0 aromatic rings. The van der Waals surface area contributed by atoms with Crippen LogP contribution in [-0.2, 0) is 14.9 Å². The van der Waals surface area contributed by atoms with E-state index < -0.39 is 15.8 Å². The molecule has 3 aliphatic heterocycles. The van der Waals surface area contributed by atoms with Crippen LogP contribution in [0.4, 0.5) is 0 Å². The summed E-state index contributed by atoms with van der Waals surface area (Å²) in [5.74, 6) is 0. The molecule has 3 fully saturated rings. The molecule has 3 rings (SSSR count). The van der Waals surface area contributed by atoms with Gasteiger partial charge < -0.3 is 14.7 Å². The minimum atomic E-state index is -3.48. The van der Waals surface area contributed by atoms with E-state index in [0.29, 0.717) is 45.8 Å². The molecular weight excluding hydrogens is 320 g/mol. The Labute approximate surface area is 138 Å². The van der Waals surface area contributed by atoms with Crippen LogP contribution >= 0.6 is 0 Å². The third-order valence-corrected chi connectivity index (χ3v) is 7.02. The lowest BCUT2D eigenvalue weighted by Gasteiger charge is -2.37. The van der Waals surface area contributed by atoms with Crippen molar-refractivity contribution < 1.29 is 18.3 Å². The Morgan fingerprint density at radius 1 is 1.00 bits per heavy atom. The zero-order valence-corrected chi connectivity index (χ0v) is 14.7. The van der Waals surface area contributed by atoms with Crippen LogP contribution in [0.2, 0.25) is 0 Å². The fraction of sp³-hybridized carbons (Fsp3) is 1.00. The van der Waals surface area contributed by atoms with Crippen LogP contribution in [0.15, 0.2) is 0 Å². The van der Waals surface area contributed by atoms with Crippen LogP contribution in [0.5, 0.6) is 0 Å². The van der Waals surface area contributed by atoms with Gasteiger partial charge in [-0.25, -0.2) is 0 Å². The summed E-state index contributed by atoms with van der Waals surface area (Å²) in [6.45, 7) is 6.66. The van der Waals surface area contributed by atoms with Crippen molar-refractivity contribution in [3.63, 3.8) is 0 Å². The van der Waals surface area contributed by atoms with Crippen molar-refractivity contribution >= 4 is 10.2 Å². The van der Waals surface area contributed by atoms with Crippen molar-refractivity contribution in [2.24, 2.45) is 0 Å². The van der Waals surface area contributed by atoms with Crippen LogP contribution in [-0.4, -0.2) is 117 Å². The second-order valence-electron chi connectivity index (χ2n) is 6.91. The molecule has 3 saturated heterocycles. The highest BCUT2D eigenvalue weighted by Crippen LogP contribution is 2.27. The highest BCUT2D eigenvalue weighted by molar-refractivity contribution is 7.86. The van der Waals surface area contributed by atoms with Crippen molar-refractivity contribution in [1.82, 2.24) is 18.4 Å². The lowest BCUT2D eigenvalue weighted by atomic mass is 10.0. The smallest absolute Gasteiger partial charge is 0.282 e. The van der Waals surface area contributed by atoms with Gasteiger partial charge in [-0.3, -0.25) is 4.90 Å². The van der Waals surface area contributed by atoms with Gasteiger partial charge in [0.2, 0.25) is 0 Å². The maximum absolute atomic E-state index is 12.7. The fourth-order valence-electron chi connectivity index (χ4n) is 3.51. The number of hydrogen-bond donors (Lipinski definition) is 1. The Balaban J connectivity index is 1.58. The lowest BCUT2D eigenvalue weighted by Crippen LogP contribution is -2.53. The van der Waals surface area contributed by atoms with Gasteiger partial charge in [-0.1, -0.05) is 0 Å². The molecule has 0 aliphatic carbocycles. The zero-order chi connectivity index (χ0) is 16.5. The molecule has 23 heavy (non-hydrogen) atoms. The monoisotopic (exact) mass is 348 g/mol.